The number of rotatable bonds is 5. The molecule has 0 aromatic heterocycles. The molecule has 11 heteroatoms. The predicted octanol–water partition coefficient (Wildman–Crippen LogP) is 5.67. The molecule has 0 aliphatic carbocycles. The lowest BCUT2D eigenvalue weighted by atomic mass is 10.1. The molecular formula is C15H23AlCl4O4S2. The van der Waals surface area contributed by atoms with Gasteiger partial charge in [0, 0.05) is 0 Å². The molecule has 0 aliphatic heterocycles. The highest BCUT2D eigenvalue weighted by Crippen LogP contribution is 2.27. The molecular weight excluding hydrogens is 477 g/mol. The Kier molecular flexibility index (Phi) is 24.4. The zero-order chi connectivity index (χ0) is 19.8. The third-order valence-electron chi connectivity index (χ3n) is 2.35. The summed E-state index contributed by atoms with van der Waals surface area (Å²) in [5.74, 6) is -0.585. The SMILES string of the molecule is C.COC(=O)C(Cl)SC.COC(=O)C(SC)c1ccccc1.[Cl][Al]([Cl])[Cl]. The van der Waals surface area contributed by atoms with Gasteiger partial charge < -0.3 is 9.47 Å². The monoisotopic (exact) mass is 498 g/mol. The molecule has 1 aromatic carbocycles. The van der Waals surface area contributed by atoms with Gasteiger partial charge in [0.15, 0.2) is 4.71 Å². The van der Waals surface area contributed by atoms with Crippen molar-refractivity contribution in [3.05, 3.63) is 35.9 Å². The largest absolute Gasteiger partial charge is 0.643 e. The summed E-state index contributed by atoms with van der Waals surface area (Å²) in [4.78, 5) is 21.7. The van der Waals surface area contributed by atoms with Gasteiger partial charge in [-0.1, -0.05) is 49.4 Å². The highest BCUT2D eigenvalue weighted by Gasteiger charge is 2.19. The summed E-state index contributed by atoms with van der Waals surface area (Å²) in [6.07, 6.45) is 3.64. The molecule has 0 radical (unpaired) electrons. The van der Waals surface area contributed by atoms with Crippen LogP contribution in [-0.4, -0.2) is 54.8 Å². The van der Waals surface area contributed by atoms with Crippen molar-refractivity contribution in [3.63, 3.8) is 0 Å². The van der Waals surface area contributed by atoms with E-state index in [9.17, 15) is 9.59 Å². The third kappa shape index (κ3) is 16.7. The number of hydrogen-bond donors (Lipinski definition) is 0. The summed E-state index contributed by atoms with van der Waals surface area (Å²) >= 11 is 6.41. The maximum Gasteiger partial charge on any atom is 0.643 e. The Morgan fingerprint density at radius 1 is 0.962 bits per heavy atom. The number of carbonyl (C=O) groups is 2. The summed E-state index contributed by atoms with van der Waals surface area (Å²) in [6, 6.07) is 9.62. The standard InChI is InChI=1S/C10H12O2S.C4H7ClO2S.CH4.Al.3ClH/c1-12-10(11)9(13-2)8-6-4-3-5-7-8;1-7-4(6)3(5)8-2;;;;;/h3-7,9H,1-2H3;3H,1-2H3;1H4;;3*1H/q;;;+3;;;/p-3. The van der Waals surface area contributed by atoms with Crippen molar-refractivity contribution in [2.45, 2.75) is 17.4 Å². The summed E-state index contributed by atoms with van der Waals surface area (Å²) in [6.45, 7) is 0. The van der Waals surface area contributed by atoms with E-state index in [0.717, 1.165) is 5.56 Å². The van der Waals surface area contributed by atoms with Crippen LogP contribution < -0.4 is 0 Å². The van der Waals surface area contributed by atoms with Crippen LogP contribution in [0.15, 0.2) is 30.3 Å². The Balaban J connectivity index is -0.000000351. The molecule has 1 aromatic rings. The molecule has 2 atom stereocenters. The molecule has 4 nitrogen and oxygen atoms in total. The fraction of sp³-hybridized carbons (Fsp3) is 0.467. The first kappa shape index (κ1) is 31.3. The van der Waals surface area contributed by atoms with Crippen molar-refractivity contribution >= 4 is 88.6 Å². The second-order valence-electron chi connectivity index (χ2n) is 3.87. The number of halogens is 4. The molecule has 0 saturated carbocycles. The van der Waals surface area contributed by atoms with Crippen LogP contribution in [0.25, 0.3) is 0 Å². The first-order valence-corrected chi connectivity index (χ1v) is 14.8. The normalized spacial score (nSPS) is 11.1. The summed E-state index contributed by atoms with van der Waals surface area (Å²) in [7, 11) is 17.6. The van der Waals surface area contributed by atoms with Crippen LogP contribution in [0, 0.1) is 0 Å². The minimum atomic E-state index is -1.72. The Bertz CT molecular complexity index is 481. The van der Waals surface area contributed by atoms with E-state index >= 15 is 0 Å². The number of alkyl halides is 1. The van der Waals surface area contributed by atoms with E-state index in [1.807, 2.05) is 36.6 Å². The third-order valence-corrected chi connectivity index (χ3v) is 4.60. The molecule has 2 unspecified atom stereocenters. The van der Waals surface area contributed by atoms with Gasteiger partial charge in [-0.25, -0.2) is 34.9 Å². The zero-order valence-electron chi connectivity index (χ0n) is 14.1. The molecule has 1 rings (SSSR count). The molecule has 0 heterocycles. The number of benzene rings is 1. The minimum Gasteiger partial charge on any atom is -0.468 e. The van der Waals surface area contributed by atoms with Crippen molar-refractivity contribution in [2.24, 2.45) is 0 Å². The van der Waals surface area contributed by atoms with Crippen LogP contribution in [0.1, 0.15) is 18.2 Å². The Morgan fingerprint density at radius 2 is 1.38 bits per heavy atom. The van der Waals surface area contributed by atoms with Gasteiger partial charge in [0.2, 0.25) is 0 Å². The fourth-order valence-corrected chi connectivity index (χ4v) is 2.39. The Hall–Kier alpha value is 0.552. The average Bonchev–Trinajstić information content (AvgIpc) is 2.61. The average molecular weight is 500 g/mol. The van der Waals surface area contributed by atoms with Crippen LogP contribution in [0.3, 0.4) is 0 Å². The molecule has 0 spiro atoms. The highest BCUT2D eigenvalue weighted by molar-refractivity contribution is 8.01. The number of ether oxygens (including phenoxy) is 2. The molecule has 0 aliphatic rings. The van der Waals surface area contributed by atoms with Crippen molar-refractivity contribution in [1.82, 2.24) is 0 Å². The lowest BCUT2D eigenvalue weighted by Gasteiger charge is -2.11. The molecule has 0 amide bonds. The first-order valence-electron chi connectivity index (χ1n) is 6.57. The number of hydrogen-bond acceptors (Lipinski definition) is 6. The Labute approximate surface area is 186 Å². The lowest BCUT2D eigenvalue weighted by Crippen LogP contribution is -2.11. The number of methoxy groups -OCH3 is 2. The minimum absolute atomic E-state index is 0. The van der Waals surface area contributed by atoms with Crippen LogP contribution in [0.5, 0.6) is 0 Å². The molecule has 0 bridgehead atoms. The van der Waals surface area contributed by atoms with Crippen molar-refractivity contribution < 1.29 is 19.1 Å². The first-order chi connectivity index (χ1) is 11.7. The van der Waals surface area contributed by atoms with Gasteiger partial charge in [0.1, 0.15) is 5.25 Å². The molecule has 0 N–H and O–H groups in total. The molecule has 0 fully saturated rings. The number of esters is 2. The van der Waals surface area contributed by atoms with Gasteiger partial charge in [-0.2, -0.15) is 0 Å². The van der Waals surface area contributed by atoms with Crippen molar-refractivity contribution in [2.75, 3.05) is 26.7 Å². The van der Waals surface area contributed by atoms with Crippen LogP contribution in [0.2, 0.25) is 0 Å². The van der Waals surface area contributed by atoms with Crippen molar-refractivity contribution in [3.8, 4) is 0 Å². The van der Waals surface area contributed by atoms with E-state index in [4.69, 9.17) is 46.5 Å². The van der Waals surface area contributed by atoms with Gasteiger partial charge in [-0.15, -0.1) is 23.5 Å². The molecule has 26 heavy (non-hydrogen) atoms. The van der Waals surface area contributed by atoms with E-state index < -0.39 is 16.1 Å². The van der Waals surface area contributed by atoms with Crippen molar-refractivity contribution in [1.29, 1.82) is 0 Å². The highest BCUT2D eigenvalue weighted by atomic mass is 35.8. The van der Waals surface area contributed by atoms with Crippen LogP contribution in [0.4, 0.5) is 0 Å². The second-order valence-corrected chi connectivity index (χ2v) is 12.9. The van der Waals surface area contributed by atoms with E-state index in [0.29, 0.717) is 0 Å². The summed E-state index contributed by atoms with van der Waals surface area (Å²) in [5, 5.41) is -0.203. The van der Waals surface area contributed by atoms with E-state index in [2.05, 4.69) is 4.74 Å². The lowest BCUT2D eigenvalue weighted by molar-refractivity contribution is -0.140. The van der Waals surface area contributed by atoms with Gasteiger partial charge >= 0.3 is 23.3 Å². The maximum absolute atomic E-state index is 11.3. The molecule has 0 saturated heterocycles. The summed E-state index contributed by atoms with van der Waals surface area (Å²) in [5.41, 5.74) is 0.988. The smallest absolute Gasteiger partial charge is 0.468 e. The topological polar surface area (TPSA) is 52.6 Å². The molecule has 150 valence electrons. The quantitative estimate of drug-likeness (QED) is 0.295. The van der Waals surface area contributed by atoms with Gasteiger partial charge in [0.05, 0.1) is 14.2 Å². The van der Waals surface area contributed by atoms with E-state index in [1.54, 1.807) is 6.26 Å². The maximum atomic E-state index is 11.3. The van der Waals surface area contributed by atoms with E-state index in [-0.39, 0.29) is 24.6 Å². The van der Waals surface area contributed by atoms with Gasteiger partial charge in [-0.3, -0.25) is 4.79 Å². The van der Waals surface area contributed by atoms with Gasteiger partial charge in [0.25, 0.3) is 0 Å². The zero-order valence-corrected chi connectivity index (χ0v) is 19.9. The number of thioether (sulfide) groups is 2. The van der Waals surface area contributed by atoms with Gasteiger partial charge in [-0.05, 0) is 18.1 Å². The van der Waals surface area contributed by atoms with E-state index in [1.165, 1.54) is 37.7 Å². The fourth-order valence-electron chi connectivity index (χ4n) is 1.29. The second kappa shape index (κ2) is 20.3. The number of carbonyl (C=O) groups excluding carboxylic acids is 2. The predicted molar refractivity (Wildman–Crippen MR) is 120 cm³/mol. The Morgan fingerprint density at radius 3 is 1.65 bits per heavy atom. The van der Waals surface area contributed by atoms with Crippen LogP contribution in [-0.2, 0) is 19.1 Å². The van der Waals surface area contributed by atoms with Crippen LogP contribution >= 0.6 is 65.3 Å². The summed E-state index contributed by atoms with van der Waals surface area (Å²) < 4.78 is 8.45.